The van der Waals surface area contributed by atoms with Crippen LogP contribution in [0, 0.1) is 13.8 Å². The number of rotatable bonds is 5. The van der Waals surface area contributed by atoms with Crippen molar-refractivity contribution in [1.29, 1.82) is 0 Å². The zero-order chi connectivity index (χ0) is 19.2. The number of amides is 1. The monoisotopic (exact) mass is 365 g/mol. The van der Waals surface area contributed by atoms with Crippen molar-refractivity contribution in [2.75, 3.05) is 11.5 Å². The number of ether oxygens (including phenoxy) is 1. The molecule has 142 valence electrons. The van der Waals surface area contributed by atoms with E-state index in [1.807, 2.05) is 61.2 Å². The minimum Gasteiger partial charge on any atom is -0.452 e. The van der Waals surface area contributed by atoms with Crippen LogP contribution in [0.15, 0.2) is 48.5 Å². The minimum atomic E-state index is -0.447. The van der Waals surface area contributed by atoms with Crippen molar-refractivity contribution >= 4 is 17.6 Å². The summed E-state index contributed by atoms with van der Waals surface area (Å²) < 4.78 is 5.37. The topological polar surface area (TPSA) is 46.6 Å². The zero-order valence-electron chi connectivity index (χ0n) is 16.1. The van der Waals surface area contributed by atoms with Crippen molar-refractivity contribution in [3.63, 3.8) is 0 Å². The third-order valence-corrected chi connectivity index (χ3v) is 5.17. The van der Waals surface area contributed by atoms with Crippen molar-refractivity contribution in [2.45, 2.75) is 52.0 Å². The average molecular weight is 365 g/mol. The lowest BCUT2D eigenvalue weighted by Gasteiger charge is -2.34. The second kappa shape index (κ2) is 8.85. The first kappa shape index (κ1) is 19.2. The molecule has 1 saturated carbocycles. The maximum Gasteiger partial charge on any atom is 0.338 e. The first-order valence-electron chi connectivity index (χ1n) is 9.68. The van der Waals surface area contributed by atoms with Gasteiger partial charge in [-0.2, -0.15) is 0 Å². The summed E-state index contributed by atoms with van der Waals surface area (Å²) in [5.41, 5.74) is 3.33. The fourth-order valence-electron chi connectivity index (χ4n) is 3.80. The molecular formula is C23H27NO3. The highest BCUT2D eigenvalue weighted by atomic mass is 16.5. The Morgan fingerprint density at radius 3 is 2.37 bits per heavy atom. The first-order valence-corrected chi connectivity index (χ1v) is 9.68. The zero-order valence-corrected chi connectivity index (χ0v) is 16.1. The molecule has 0 bridgehead atoms. The van der Waals surface area contributed by atoms with E-state index in [4.69, 9.17) is 4.74 Å². The standard InChI is InChI=1S/C23H27NO3/c1-17-13-14-21(18(2)15-17)23(26)27-16-22(25)24(19-9-5-3-6-10-19)20-11-7-4-8-12-20/h3,5-6,9-10,13-15,20H,4,7-8,11-12,16H2,1-2H3. The van der Waals surface area contributed by atoms with Crippen LogP contribution >= 0.6 is 0 Å². The van der Waals surface area contributed by atoms with Gasteiger partial charge in [-0.05, 0) is 50.5 Å². The lowest BCUT2D eigenvalue weighted by atomic mass is 9.93. The van der Waals surface area contributed by atoms with E-state index in [2.05, 4.69) is 0 Å². The van der Waals surface area contributed by atoms with E-state index in [-0.39, 0.29) is 18.6 Å². The van der Waals surface area contributed by atoms with Crippen molar-refractivity contribution in [3.8, 4) is 0 Å². The van der Waals surface area contributed by atoms with Gasteiger partial charge in [0.25, 0.3) is 5.91 Å². The lowest BCUT2D eigenvalue weighted by Crippen LogP contribution is -2.43. The predicted molar refractivity (Wildman–Crippen MR) is 107 cm³/mol. The molecule has 0 aliphatic heterocycles. The van der Waals surface area contributed by atoms with Gasteiger partial charge in [0.1, 0.15) is 0 Å². The first-order chi connectivity index (χ1) is 13.1. The Labute approximate surface area is 161 Å². The van der Waals surface area contributed by atoms with Crippen LogP contribution in [-0.2, 0) is 9.53 Å². The minimum absolute atomic E-state index is 0.161. The summed E-state index contributed by atoms with van der Waals surface area (Å²) in [6.45, 7) is 3.62. The summed E-state index contributed by atoms with van der Waals surface area (Å²) in [7, 11) is 0. The van der Waals surface area contributed by atoms with E-state index >= 15 is 0 Å². The number of anilines is 1. The third kappa shape index (κ3) is 4.76. The van der Waals surface area contributed by atoms with Crippen LogP contribution in [0.1, 0.15) is 53.6 Å². The van der Waals surface area contributed by atoms with E-state index in [0.717, 1.165) is 42.5 Å². The normalized spacial score (nSPS) is 14.6. The van der Waals surface area contributed by atoms with Gasteiger partial charge in [-0.3, -0.25) is 4.79 Å². The number of benzene rings is 2. The summed E-state index contributed by atoms with van der Waals surface area (Å²) in [6, 6.07) is 15.4. The summed E-state index contributed by atoms with van der Waals surface area (Å²) in [5, 5.41) is 0. The SMILES string of the molecule is Cc1ccc(C(=O)OCC(=O)N(c2ccccc2)C2CCCCC2)c(C)c1. The number of hydrogen-bond donors (Lipinski definition) is 0. The third-order valence-electron chi connectivity index (χ3n) is 5.17. The maximum absolute atomic E-state index is 13.0. The molecule has 2 aromatic carbocycles. The number of nitrogens with zero attached hydrogens (tertiary/aromatic N) is 1. The molecule has 4 nitrogen and oxygen atoms in total. The molecule has 0 N–H and O–H groups in total. The molecule has 0 aromatic heterocycles. The molecule has 1 fully saturated rings. The van der Waals surface area contributed by atoms with Crippen molar-refractivity contribution < 1.29 is 14.3 Å². The molecule has 2 aromatic rings. The van der Waals surface area contributed by atoms with Gasteiger partial charge in [-0.25, -0.2) is 4.79 Å². The van der Waals surface area contributed by atoms with Gasteiger partial charge in [0.15, 0.2) is 6.61 Å². The predicted octanol–water partition coefficient (Wildman–Crippen LogP) is 4.83. The summed E-state index contributed by atoms with van der Waals surface area (Å²) in [4.78, 5) is 27.2. The Balaban J connectivity index is 1.71. The van der Waals surface area contributed by atoms with Gasteiger partial charge < -0.3 is 9.64 Å². The average Bonchev–Trinajstić information content (AvgIpc) is 2.68. The molecule has 27 heavy (non-hydrogen) atoms. The largest absolute Gasteiger partial charge is 0.452 e. The molecule has 0 spiro atoms. The van der Waals surface area contributed by atoms with E-state index in [1.54, 1.807) is 6.07 Å². The number of esters is 1. The Hall–Kier alpha value is -2.62. The smallest absolute Gasteiger partial charge is 0.338 e. The second-order valence-electron chi connectivity index (χ2n) is 7.29. The molecule has 0 unspecified atom stereocenters. The molecular weight excluding hydrogens is 338 g/mol. The second-order valence-corrected chi connectivity index (χ2v) is 7.29. The quantitative estimate of drug-likeness (QED) is 0.713. The Kier molecular flexibility index (Phi) is 6.28. The van der Waals surface area contributed by atoms with Crippen LogP contribution in [0.5, 0.6) is 0 Å². The van der Waals surface area contributed by atoms with Gasteiger partial charge >= 0.3 is 5.97 Å². The number of para-hydroxylation sites is 1. The van der Waals surface area contributed by atoms with Gasteiger partial charge in [0.05, 0.1) is 5.56 Å². The van der Waals surface area contributed by atoms with Crippen molar-refractivity contribution in [1.82, 2.24) is 0 Å². The summed E-state index contributed by atoms with van der Waals surface area (Å²) in [5.74, 6) is -0.608. The molecule has 0 radical (unpaired) electrons. The molecule has 3 rings (SSSR count). The van der Waals surface area contributed by atoms with Crippen molar-refractivity contribution in [2.24, 2.45) is 0 Å². The van der Waals surface area contributed by atoms with E-state index < -0.39 is 5.97 Å². The van der Waals surface area contributed by atoms with Gasteiger partial charge in [0.2, 0.25) is 0 Å². The van der Waals surface area contributed by atoms with E-state index in [1.165, 1.54) is 6.42 Å². The van der Waals surface area contributed by atoms with E-state index in [9.17, 15) is 9.59 Å². The van der Waals surface area contributed by atoms with Crippen LogP contribution in [0.2, 0.25) is 0 Å². The van der Waals surface area contributed by atoms with E-state index in [0.29, 0.717) is 5.56 Å². The molecule has 0 heterocycles. The number of carbonyl (C=O) groups is 2. The van der Waals surface area contributed by atoms with Crippen LogP contribution in [0.3, 0.4) is 0 Å². The van der Waals surface area contributed by atoms with Gasteiger partial charge in [-0.1, -0.05) is 55.2 Å². The summed E-state index contributed by atoms with van der Waals surface area (Å²) >= 11 is 0. The van der Waals surface area contributed by atoms with Gasteiger partial charge in [0, 0.05) is 11.7 Å². The Bertz CT molecular complexity index is 795. The Morgan fingerprint density at radius 1 is 1.00 bits per heavy atom. The fourth-order valence-corrected chi connectivity index (χ4v) is 3.80. The fraction of sp³-hybridized carbons (Fsp3) is 0.391. The van der Waals surface area contributed by atoms with Crippen LogP contribution < -0.4 is 4.90 Å². The molecule has 0 saturated heterocycles. The van der Waals surface area contributed by atoms with Crippen LogP contribution in [0.4, 0.5) is 5.69 Å². The number of aryl methyl sites for hydroxylation is 2. The van der Waals surface area contributed by atoms with Crippen molar-refractivity contribution in [3.05, 3.63) is 65.2 Å². The summed E-state index contributed by atoms with van der Waals surface area (Å²) in [6.07, 6.45) is 5.46. The molecule has 1 aliphatic rings. The molecule has 0 atom stereocenters. The molecule has 4 heteroatoms. The van der Waals surface area contributed by atoms with Crippen LogP contribution in [-0.4, -0.2) is 24.5 Å². The van der Waals surface area contributed by atoms with Gasteiger partial charge in [-0.15, -0.1) is 0 Å². The molecule has 1 aliphatic carbocycles. The highest BCUT2D eigenvalue weighted by Crippen LogP contribution is 2.27. The molecule has 1 amide bonds. The highest BCUT2D eigenvalue weighted by molar-refractivity contribution is 5.98. The van der Waals surface area contributed by atoms with Crippen LogP contribution in [0.25, 0.3) is 0 Å². The highest BCUT2D eigenvalue weighted by Gasteiger charge is 2.27. The maximum atomic E-state index is 13.0. The Morgan fingerprint density at radius 2 is 1.70 bits per heavy atom. The number of hydrogen-bond acceptors (Lipinski definition) is 3. The lowest BCUT2D eigenvalue weighted by molar-refractivity contribution is -0.122. The number of carbonyl (C=O) groups excluding carboxylic acids is 2.